The number of rotatable bonds is 11. The summed E-state index contributed by atoms with van der Waals surface area (Å²) >= 11 is 0. The molecule has 2 heterocycles. The number of carbonyl (C=O) groups is 2. The number of methoxy groups -OCH3 is 1. The summed E-state index contributed by atoms with van der Waals surface area (Å²) in [7, 11) is -2.24. The Hall–Kier alpha value is -5.61. The largest absolute Gasteiger partial charge is 0.497 e. The Morgan fingerprint density at radius 3 is 2.10 bits per heavy atom. The number of hydrogen-bond acceptors (Lipinski definition) is 7. The summed E-state index contributed by atoms with van der Waals surface area (Å²) in [5.41, 5.74) is 4.50. The van der Waals surface area contributed by atoms with Crippen molar-refractivity contribution in [3.8, 4) is 17.0 Å². The number of benzene rings is 4. The first kappa shape index (κ1) is 34.7. The van der Waals surface area contributed by atoms with Gasteiger partial charge in [-0.2, -0.15) is 5.10 Å². The number of nitrogens with zero attached hydrogens (tertiary/aromatic N) is 3. The maximum Gasteiger partial charge on any atom is 0.261 e. The number of ketones is 2. The lowest BCUT2D eigenvalue weighted by atomic mass is 9.97. The number of carbonyl (C=O) groups excluding carboxylic acids is 2. The van der Waals surface area contributed by atoms with Gasteiger partial charge in [0.2, 0.25) is 0 Å². The van der Waals surface area contributed by atoms with Crippen LogP contribution in [-0.2, 0) is 23.0 Å². The van der Waals surface area contributed by atoms with Gasteiger partial charge in [0, 0.05) is 28.6 Å². The molecule has 0 aliphatic carbocycles. The van der Waals surface area contributed by atoms with Crippen molar-refractivity contribution in [2.75, 3.05) is 11.8 Å². The van der Waals surface area contributed by atoms with E-state index in [2.05, 4.69) is 47.0 Å². The van der Waals surface area contributed by atoms with Crippen LogP contribution in [0.4, 0.5) is 5.69 Å². The molecule has 0 spiro atoms. The van der Waals surface area contributed by atoms with Gasteiger partial charge in [0.15, 0.2) is 17.2 Å². The molecule has 0 fully saturated rings. The zero-order valence-electron chi connectivity index (χ0n) is 27.9. The van der Waals surface area contributed by atoms with Crippen molar-refractivity contribution in [1.82, 2.24) is 14.8 Å². The number of ether oxygens (including phenoxy) is 1. The van der Waals surface area contributed by atoms with E-state index in [1.165, 1.54) is 50.6 Å². The summed E-state index contributed by atoms with van der Waals surface area (Å²) in [6, 6.07) is 32.8. The van der Waals surface area contributed by atoms with Gasteiger partial charge in [-0.15, -0.1) is 0 Å². The number of aryl methyl sites for hydroxylation is 1. The van der Waals surface area contributed by atoms with Gasteiger partial charge in [0.25, 0.3) is 10.0 Å². The molecule has 0 bridgehead atoms. The Balaban J connectivity index is 0.000000452. The molecule has 0 saturated carbocycles. The molecule has 9 nitrogen and oxygen atoms in total. The molecule has 250 valence electrons. The second kappa shape index (κ2) is 15.5. The average Bonchev–Trinajstić information content (AvgIpc) is 3.47. The first-order valence-electron chi connectivity index (χ1n) is 15.9. The molecule has 6 rings (SSSR count). The number of aromatic nitrogens is 3. The van der Waals surface area contributed by atoms with Crippen LogP contribution in [0.2, 0.25) is 0 Å². The fourth-order valence-corrected chi connectivity index (χ4v) is 6.54. The fourth-order valence-electron chi connectivity index (χ4n) is 5.47. The molecule has 0 unspecified atom stereocenters. The van der Waals surface area contributed by atoms with E-state index in [9.17, 15) is 18.0 Å². The van der Waals surface area contributed by atoms with Crippen LogP contribution in [0.15, 0.2) is 120 Å². The minimum Gasteiger partial charge on any atom is -0.497 e. The van der Waals surface area contributed by atoms with Crippen molar-refractivity contribution in [1.29, 1.82) is 0 Å². The predicted molar refractivity (Wildman–Crippen MR) is 193 cm³/mol. The van der Waals surface area contributed by atoms with Gasteiger partial charge < -0.3 is 4.74 Å². The fraction of sp³-hybridized carbons (Fsp3) is 0.179. The van der Waals surface area contributed by atoms with E-state index in [1.54, 1.807) is 54.3 Å². The number of sulfonamides is 1. The first-order chi connectivity index (χ1) is 23.6. The van der Waals surface area contributed by atoms with Crippen molar-refractivity contribution < 1.29 is 22.7 Å². The van der Waals surface area contributed by atoms with Crippen LogP contribution in [0.3, 0.4) is 0 Å². The summed E-state index contributed by atoms with van der Waals surface area (Å²) in [4.78, 5) is 30.0. The lowest BCUT2D eigenvalue weighted by molar-refractivity contribution is 0.0981. The van der Waals surface area contributed by atoms with Crippen molar-refractivity contribution in [2.45, 2.75) is 45.1 Å². The lowest BCUT2D eigenvalue weighted by Gasteiger charge is -2.10. The van der Waals surface area contributed by atoms with Crippen LogP contribution in [0.1, 0.15) is 59.0 Å². The third-order valence-electron chi connectivity index (χ3n) is 7.81. The van der Waals surface area contributed by atoms with E-state index in [4.69, 9.17) is 9.84 Å². The van der Waals surface area contributed by atoms with Gasteiger partial charge in [-0.05, 0) is 67.8 Å². The summed E-state index contributed by atoms with van der Waals surface area (Å²) in [6.45, 7) is 5.32. The summed E-state index contributed by atoms with van der Waals surface area (Å²) in [5.74, 6) is 0.120. The Kier molecular flexibility index (Phi) is 11.0. The quantitative estimate of drug-likeness (QED) is 0.138. The van der Waals surface area contributed by atoms with Gasteiger partial charge in [-0.25, -0.2) is 18.1 Å². The molecule has 1 N–H and O–H groups in total. The highest BCUT2D eigenvalue weighted by Gasteiger charge is 2.24. The number of pyridine rings is 1. The molecular weight excluding hydrogens is 637 g/mol. The number of nitrogens with one attached hydrogen (secondary N) is 1. The molecule has 6 aromatic rings. The molecule has 0 radical (unpaired) electrons. The predicted octanol–water partition coefficient (Wildman–Crippen LogP) is 8.00. The van der Waals surface area contributed by atoms with Gasteiger partial charge >= 0.3 is 0 Å². The molecule has 0 aliphatic heterocycles. The average molecular weight is 675 g/mol. The topological polar surface area (TPSA) is 120 Å². The third-order valence-corrected chi connectivity index (χ3v) is 9.20. The number of fused-ring (bicyclic) bond motifs is 1. The number of hydrogen-bond donors (Lipinski definition) is 1. The zero-order valence-corrected chi connectivity index (χ0v) is 28.7. The van der Waals surface area contributed by atoms with Gasteiger partial charge in [-0.3, -0.25) is 14.3 Å². The maximum atomic E-state index is 12.9. The van der Waals surface area contributed by atoms with Crippen molar-refractivity contribution in [2.24, 2.45) is 0 Å². The van der Waals surface area contributed by atoms with Crippen LogP contribution < -0.4 is 9.46 Å². The highest BCUT2D eigenvalue weighted by molar-refractivity contribution is 7.92. The smallest absolute Gasteiger partial charge is 0.261 e. The van der Waals surface area contributed by atoms with Gasteiger partial charge in [0.05, 0.1) is 23.9 Å². The highest BCUT2D eigenvalue weighted by Crippen LogP contribution is 2.34. The standard InChI is InChI=1S/C30H26N4O5S.C9H12/c1-19(35)26-17-31-30-28(27(26)20(2)36)29(32-34(30)18-21-12-14-24(39-3)15-13-21)22-8-7-9-23(16-22)33-40(37,38)25-10-5-4-6-11-25;1-2-6-9-7-4-3-5-8-9/h4-17,33H,18H2,1-3H3;3-5,7-8H,2,6H2,1H3. The molecule has 0 amide bonds. The molecule has 49 heavy (non-hydrogen) atoms. The van der Waals surface area contributed by atoms with Crippen LogP contribution in [-0.4, -0.2) is 41.9 Å². The summed E-state index contributed by atoms with van der Waals surface area (Å²) in [6.07, 6.45) is 3.85. The number of anilines is 1. The van der Waals surface area contributed by atoms with Crippen LogP contribution >= 0.6 is 0 Å². The second-order valence-corrected chi connectivity index (χ2v) is 13.1. The van der Waals surface area contributed by atoms with Crippen molar-refractivity contribution in [3.05, 3.63) is 138 Å². The van der Waals surface area contributed by atoms with Crippen LogP contribution in [0.25, 0.3) is 22.3 Å². The number of Topliss-reactive ketones (excluding diaryl/α,β-unsaturated/α-hetero) is 2. The monoisotopic (exact) mass is 674 g/mol. The summed E-state index contributed by atoms with van der Waals surface area (Å²) in [5, 5.41) is 5.25. The zero-order chi connectivity index (χ0) is 35.0. The van der Waals surface area contributed by atoms with Gasteiger partial charge in [-0.1, -0.05) is 86.1 Å². The molecule has 0 atom stereocenters. The molecule has 10 heteroatoms. The Bertz CT molecular complexity index is 2180. The normalized spacial score (nSPS) is 11.0. The second-order valence-electron chi connectivity index (χ2n) is 11.4. The Morgan fingerprint density at radius 2 is 1.49 bits per heavy atom. The van der Waals surface area contributed by atoms with Crippen molar-refractivity contribution in [3.63, 3.8) is 0 Å². The first-order valence-corrected chi connectivity index (χ1v) is 17.4. The van der Waals surface area contributed by atoms with E-state index in [0.717, 1.165) is 5.56 Å². The summed E-state index contributed by atoms with van der Waals surface area (Å²) < 4.78 is 35.4. The van der Waals surface area contributed by atoms with E-state index < -0.39 is 10.0 Å². The molecule has 2 aromatic heterocycles. The minimum absolute atomic E-state index is 0.129. The third kappa shape index (κ3) is 8.28. The molecule has 0 saturated heterocycles. The molecule has 4 aromatic carbocycles. The van der Waals surface area contributed by atoms with Crippen LogP contribution in [0.5, 0.6) is 5.75 Å². The maximum absolute atomic E-state index is 12.9. The molecule has 0 aliphatic rings. The van der Waals surface area contributed by atoms with Crippen molar-refractivity contribution >= 4 is 38.3 Å². The Labute approximate surface area is 286 Å². The lowest BCUT2D eigenvalue weighted by Crippen LogP contribution is -2.12. The van der Waals surface area contributed by atoms with E-state index in [0.29, 0.717) is 40.3 Å². The minimum atomic E-state index is -3.83. The van der Waals surface area contributed by atoms with Gasteiger partial charge in [0.1, 0.15) is 11.4 Å². The van der Waals surface area contributed by atoms with E-state index >= 15 is 0 Å². The van der Waals surface area contributed by atoms with E-state index in [1.807, 2.05) is 24.3 Å². The molecular formula is C39H38N4O5S. The van der Waals surface area contributed by atoms with Crippen LogP contribution in [0, 0.1) is 0 Å². The SMILES string of the molecule is CCCc1ccccc1.COc1ccc(Cn2nc(-c3cccc(NS(=O)(=O)c4ccccc4)c3)c3c(C(C)=O)c(C(C)=O)cnc32)cc1. The van der Waals surface area contributed by atoms with E-state index in [-0.39, 0.29) is 27.6 Å². The Morgan fingerprint density at radius 1 is 0.816 bits per heavy atom. The highest BCUT2D eigenvalue weighted by atomic mass is 32.2.